The Labute approximate surface area is 132 Å². The van der Waals surface area contributed by atoms with E-state index in [2.05, 4.69) is 37.7 Å². The van der Waals surface area contributed by atoms with Gasteiger partial charge in [0, 0.05) is 30.5 Å². The first-order valence-electron chi connectivity index (χ1n) is 7.33. The van der Waals surface area contributed by atoms with Crippen LogP contribution in [0.5, 0.6) is 0 Å². The number of aromatic nitrogens is 2. The van der Waals surface area contributed by atoms with E-state index >= 15 is 0 Å². The molecule has 2 aromatic rings. The van der Waals surface area contributed by atoms with Crippen molar-refractivity contribution >= 4 is 15.9 Å². The molecular formula is C16H19BrFN3. The van der Waals surface area contributed by atoms with Gasteiger partial charge in [-0.1, -0.05) is 6.07 Å². The van der Waals surface area contributed by atoms with Gasteiger partial charge in [0.1, 0.15) is 5.82 Å². The lowest BCUT2D eigenvalue weighted by molar-refractivity contribution is 0.362. The fourth-order valence-electron chi connectivity index (χ4n) is 3.16. The van der Waals surface area contributed by atoms with Crippen LogP contribution in [0.2, 0.25) is 0 Å². The molecule has 0 saturated heterocycles. The second-order valence-electron chi connectivity index (χ2n) is 5.68. The Balaban J connectivity index is 1.71. The van der Waals surface area contributed by atoms with Crippen molar-refractivity contribution in [2.45, 2.75) is 44.3 Å². The number of hydrogen-bond acceptors (Lipinski definition) is 2. The molecule has 0 aliphatic heterocycles. The van der Waals surface area contributed by atoms with Crippen LogP contribution in [0.25, 0.3) is 0 Å². The maximum atomic E-state index is 13.3. The second-order valence-corrected chi connectivity index (χ2v) is 6.53. The van der Waals surface area contributed by atoms with E-state index in [-0.39, 0.29) is 11.9 Å². The van der Waals surface area contributed by atoms with Crippen molar-refractivity contribution in [2.24, 2.45) is 0 Å². The van der Waals surface area contributed by atoms with Gasteiger partial charge in [-0.25, -0.2) is 9.37 Å². The van der Waals surface area contributed by atoms with Gasteiger partial charge in [0.15, 0.2) is 0 Å². The highest BCUT2D eigenvalue weighted by Gasteiger charge is 2.29. The molecule has 21 heavy (non-hydrogen) atoms. The average molecular weight is 352 g/mol. The maximum absolute atomic E-state index is 13.3. The monoisotopic (exact) mass is 351 g/mol. The Morgan fingerprint density at radius 2 is 2.29 bits per heavy atom. The molecule has 0 spiro atoms. The van der Waals surface area contributed by atoms with E-state index in [9.17, 15) is 4.39 Å². The zero-order valence-electron chi connectivity index (χ0n) is 12.0. The molecule has 0 radical (unpaired) electrons. The molecule has 1 saturated carbocycles. The first kappa shape index (κ1) is 14.7. The van der Waals surface area contributed by atoms with Gasteiger partial charge in [-0.3, -0.25) is 0 Å². The second kappa shape index (κ2) is 6.28. The molecule has 0 amide bonds. The summed E-state index contributed by atoms with van der Waals surface area (Å²) in [7, 11) is 0. The topological polar surface area (TPSA) is 29.9 Å². The van der Waals surface area contributed by atoms with Crippen LogP contribution in [0.4, 0.5) is 4.39 Å². The number of rotatable bonds is 4. The molecule has 1 fully saturated rings. The molecule has 1 N–H and O–H groups in total. The quantitative estimate of drug-likeness (QED) is 0.893. The van der Waals surface area contributed by atoms with E-state index in [4.69, 9.17) is 0 Å². The Morgan fingerprint density at radius 3 is 3.00 bits per heavy atom. The number of halogens is 2. The van der Waals surface area contributed by atoms with E-state index in [0.717, 1.165) is 12.0 Å². The van der Waals surface area contributed by atoms with Crippen LogP contribution in [-0.4, -0.2) is 15.6 Å². The van der Waals surface area contributed by atoms with Crippen molar-refractivity contribution in [1.82, 2.24) is 14.9 Å². The minimum atomic E-state index is -0.219. The number of benzene rings is 1. The third-order valence-corrected chi connectivity index (χ3v) is 4.90. The van der Waals surface area contributed by atoms with Crippen LogP contribution in [0, 0.1) is 5.82 Å². The van der Waals surface area contributed by atoms with Gasteiger partial charge < -0.3 is 9.88 Å². The fourth-order valence-corrected chi connectivity index (χ4v) is 3.55. The van der Waals surface area contributed by atoms with Gasteiger partial charge in [0.2, 0.25) is 0 Å². The molecular weight excluding hydrogens is 333 g/mol. The minimum Gasteiger partial charge on any atom is -0.333 e. The predicted molar refractivity (Wildman–Crippen MR) is 84.6 cm³/mol. The maximum Gasteiger partial charge on any atom is 0.137 e. The molecule has 3 rings (SSSR count). The molecule has 1 aliphatic rings. The minimum absolute atomic E-state index is 0.191. The van der Waals surface area contributed by atoms with E-state index in [1.807, 2.05) is 30.9 Å². The van der Waals surface area contributed by atoms with Crippen LogP contribution in [0.1, 0.15) is 43.8 Å². The van der Waals surface area contributed by atoms with Gasteiger partial charge in [-0.2, -0.15) is 0 Å². The van der Waals surface area contributed by atoms with Gasteiger partial charge in [-0.15, -0.1) is 0 Å². The molecule has 1 aromatic carbocycles. The summed E-state index contributed by atoms with van der Waals surface area (Å²) in [5, 5.41) is 3.69. The highest BCUT2D eigenvalue weighted by atomic mass is 79.9. The molecule has 3 unspecified atom stereocenters. The van der Waals surface area contributed by atoms with Crippen LogP contribution < -0.4 is 5.32 Å². The van der Waals surface area contributed by atoms with Gasteiger partial charge >= 0.3 is 0 Å². The van der Waals surface area contributed by atoms with E-state index in [1.165, 1.54) is 18.9 Å². The third-order valence-electron chi connectivity index (χ3n) is 4.30. The van der Waals surface area contributed by atoms with Crippen molar-refractivity contribution in [1.29, 1.82) is 0 Å². The zero-order valence-corrected chi connectivity index (χ0v) is 13.6. The molecule has 112 valence electrons. The largest absolute Gasteiger partial charge is 0.333 e. The number of hydrogen-bond donors (Lipinski definition) is 1. The SMILES string of the molecule is CC(NC1CCCC1n1ccnc1)c1ccc(F)c(Br)c1. The lowest BCUT2D eigenvalue weighted by Crippen LogP contribution is -2.35. The zero-order chi connectivity index (χ0) is 14.8. The van der Waals surface area contributed by atoms with Crippen molar-refractivity contribution in [2.75, 3.05) is 0 Å². The normalized spacial score (nSPS) is 23.4. The van der Waals surface area contributed by atoms with E-state index < -0.39 is 0 Å². The van der Waals surface area contributed by atoms with Crippen molar-refractivity contribution in [3.63, 3.8) is 0 Å². The summed E-state index contributed by atoms with van der Waals surface area (Å²) in [6, 6.07) is 6.29. The number of imidazole rings is 1. The smallest absolute Gasteiger partial charge is 0.137 e. The summed E-state index contributed by atoms with van der Waals surface area (Å²) in [5.41, 5.74) is 1.10. The molecule has 3 atom stereocenters. The first-order valence-corrected chi connectivity index (χ1v) is 8.13. The molecule has 1 heterocycles. The highest BCUT2D eigenvalue weighted by molar-refractivity contribution is 9.10. The molecule has 1 aliphatic carbocycles. The molecule has 1 aromatic heterocycles. The van der Waals surface area contributed by atoms with Crippen molar-refractivity contribution in [3.8, 4) is 0 Å². The van der Waals surface area contributed by atoms with Crippen LogP contribution in [-0.2, 0) is 0 Å². The highest BCUT2D eigenvalue weighted by Crippen LogP contribution is 2.32. The lowest BCUT2D eigenvalue weighted by Gasteiger charge is -2.26. The summed E-state index contributed by atoms with van der Waals surface area (Å²) in [6.45, 7) is 2.13. The third kappa shape index (κ3) is 3.19. The lowest BCUT2D eigenvalue weighted by atomic mass is 10.1. The van der Waals surface area contributed by atoms with Gasteiger partial charge in [-0.05, 0) is 59.8 Å². The predicted octanol–water partition coefficient (Wildman–Crippen LogP) is 4.23. The fraction of sp³-hybridized carbons (Fsp3) is 0.438. The standard InChI is InChI=1S/C16H19BrFN3/c1-11(12-5-6-14(18)13(17)9-12)20-15-3-2-4-16(15)21-8-7-19-10-21/h5-11,15-16,20H,2-4H2,1H3. The first-order chi connectivity index (χ1) is 10.1. The molecule has 3 nitrogen and oxygen atoms in total. The Morgan fingerprint density at radius 1 is 1.43 bits per heavy atom. The summed E-state index contributed by atoms with van der Waals surface area (Å²) in [6.07, 6.45) is 9.31. The van der Waals surface area contributed by atoms with Crippen molar-refractivity contribution < 1.29 is 4.39 Å². The van der Waals surface area contributed by atoms with E-state index in [1.54, 1.807) is 0 Å². The Hall–Kier alpha value is -1.20. The summed E-state index contributed by atoms with van der Waals surface area (Å²) < 4.78 is 16.0. The Bertz CT molecular complexity index is 600. The van der Waals surface area contributed by atoms with Gasteiger partial charge in [0.05, 0.1) is 10.8 Å². The number of nitrogens with one attached hydrogen (secondary N) is 1. The average Bonchev–Trinajstić information content (AvgIpc) is 3.12. The summed E-state index contributed by atoms with van der Waals surface area (Å²) in [5.74, 6) is -0.219. The van der Waals surface area contributed by atoms with Crippen molar-refractivity contribution in [3.05, 3.63) is 52.8 Å². The van der Waals surface area contributed by atoms with Crippen LogP contribution in [0.3, 0.4) is 0 Å². The Kier molecular flexibility index (Phi) is 4.40. The molecule has 0 bridgehead atoms. The van der Waals surface area contributed by atoms with E-state index in [0.29, 0.717) is 16.6 Å². The van der Waals surface area contributed by atoms with Gasteiger partial charge in [0.25, 0.3) is 0 Å². The summed E-state index contributed by atoms with van der Waals surface area (Å²) in [4.78, 5) is 4.15. The van der Waals surface area contributed by atoms with Crippen LogP contribution in [0.15, 0.2) is 41.4 Å². The van der Waals surface area contributed by atoms with Crippen LogP contribution >= 0.6 is 15.9 Å². The number of nitrogens with zero attached hydrogens (tertiary/aromatic N) is 2. The summed E-state index contributed by atoms with van der Waals surface area (Å²) >= 11 is 3.26. The molecule has 5 heteroatoms.